The maximum absolute atomic E-state index is 5.41. The van der Waals surface area contributed by atoms with Crippen molar-refractivity contribution in [2.45, 2.75) is 19.4 Å². The van der Waals surface area contributed by atoms with E-state index in [0.29, 0.717) is 9.76 Å². The van der Waals surface area contributed by atoms with E-state index in [1.165, 1.54) is 5.56 Å². The maximum atomic E-state index is 5.41. The molecule has 0 aromatic heterocycles. The average molecular weight is 178 g/mol. The Morgan fingerprint density at radius 3 is 2.67 bits per heavy atom. The third-order valence-corrected chi connectivity index (χ3v) is 2.28. The third kappa shape index (κ3) is 3.69. The fraction of sp³-hybridized carbons (Fsp3) is 0.400. The van der Waals surface area contributed by atoms with E-state index in [1.807, 2.05) is 6.07 Å². The lowest BCUT2D eigenvalue weighted by atomic mass is 10.2. The van der Waals surface area contributed by atoms with E-state index in [-0.39, 0.29) is 0 Å². The molecule has 0 saturated carbocycles. The average Bonchev–Trinajstić information content (AvgIpc) is 2.14. The normalized spacial score (nSPS) is 10.1. The van der Waals surface area contributed by atoms with E-state index in [2.05, 4.69) is 31.2 Å². The number of hydrogen-bond acceptors (Lipinski definition) is 1. The van der Waals surface area contributed by atoms with E-state index in [9.17, 15) is 0 Å². The molecule has 0 saturated heterocycles. The van der Waals surface area contributed by atoms with Gasteiger partial charge in [0.05, 0.1) is 0 Å². The highest BCUT2D eigenvalue weighted by molar-refractivity contribution is 6.26. The van der Waals surface area contributed by atoms with Gasteiger partial charge in [-0.15, -0.1) is 0 Å². The van der Waals surface area contributed by atoms with Gasteiger partial charge in [-0.05, 0) is 18.0 Å². The van der Waals surface area contributed by atoms with Crippen LogP contribution in [0.3, 0.4) is 0 Å². The van der Waals surface area contributed by atoms with E-state index in [4.69, 9.17) is 4.43 Å². The van der Waals surface area contributed by atoms with Crippen LogP contribution in [0, 0.1) is 0 Å². The zero-order chi connectivity index (χ0) is 8.65. The van der Waals surface area contributed by atoms with Gasteiger partial charge in [0.1, 0.15) is 0 Å². The highest BCUT2D eigenvalue weighted by Crippen LogP contribution is 1.99. The van der Waals surface area contributed by atoms with Gasteiger partial charge in [0, 0.05) is 6.61 Å². The first-order chi connectivity index (χ1) is 5.93. The molecule has 0 unspecified atom stereocenters. The Morgan fingerprint density at radius 2 is 2.00 bits per heavy atom. The molecule has 0 aliphatic carbocycles. The van der Waals surface area contributed by atoms with Crippen LogP contribution >= 0.6 is 0 Å². The van der Waals surface area contributed by atoms with Gasteiger partial charge in [0.15, 0.2) is 0 Å². The summed E-state index contributed by atoms with van der Waals surface area (Å²) in [6, 6.07) is 11.6. The molecule has 0 aliphatic rings. The lowest BCUT2D eigenvalue weighted by Crippen LogP contribution is -2.01. The molecule has 0 N–H and O–H groups in total. The summed E-state index contributed by atoms with van der Waals surface area (Å²) in [4.78, 5) is 0. The van der Waals surface area contributed by atoms with Gasteiger partial charge in [-0.3, -0.25) is 0 Å². The van der Waals surface area contributed by atoms with Gasteiger partial charge in [0.25, 0.3) is 0 Å². The molecule has 1 aromatic carbocycles. The molecule has 1 nitrogen and oxygen atoms in total. The summed E-state index contributed by atoms with van der Waals surface area (Å²) in [7, 11) is 0.667. The molecule has 1 rings (SSSR count). The van der Waals surface area contributed by atoms with Gasteiger partial charge in [-0.2, -0.15) is 0 Å². The molecule has 0 amide bonds. The second-order valence-electron chi connectivity index (χ2n) is 2.58. The molecule has 2 heteroatoms. The van der Waals surface area contributed by atoms with E-state index in [0.717, 1.165) is 19.1 Å². The fourth-order valence-corrected chi connectivity index (χ4v) is 1.44. The topological polar surface area (TPSA) is 9.23 Å². The summed E-state index contributed by atoms with van der Waals surface area (Å²) in [5.41, 5.74) is 1.36. The predicted molar refractivity (Wildman–Crippen MR) is 52.3 cm³/mol. The minimum atomic E-state index is 0.667. The zero-order valence-corrected chi connectivity index (χ0v) is 8.42. The quantitative estimate of drug-likeness (QED) is 0.496. The largest absolute Gasteiger partial charge is 0.417 e. The highest BCUT2D eigenvalue weighted by Gasteiger charge is 1.91. The molecule has 0 bridgehead atoms. The second kappa shape index (κ2) is 5.97. The molecule has 0 spiro atoms. The number of rotatable bonds is 5. The van der Waals surface area contributed by atoms with Crippen LogP contribution in [0.5, 0.6) is 0 Å². The van der Waals surface area contributed by atoms with Crippen molar-refractivity contribution in [1.82, 2.24) is 0 Å². The lowest BCUT2D eigenvalue weighted by Gasteiger charge is -2.00. The van der Waals surface area contributed by atoms with Crippen molar-refractivity contribution in [3.63, 3.8) is 0 Å². The first kappa shape index (κ1) is 9.48. The minimum absolute atomic E-state index is 0.667. The first-order valence-electron chi connectivity index (χ1n) is 4.32. The summed E-state index contributed by atoms with van der Waals surface area (Å²) in [6.07, 6.45) is 1.04. The first-order valence-corrected chi connectivity index (χ1v) is 5.43. The Kier molecular flexibility index (Phi) is 4.72. The van der Waals surface area contributed by atoms with Gasteiger partial charge >= 0.3 is 0 Å². The molecular formula is C10H14OSi. The van der Waals surface area contributed by atoms with E-state index >= 15 is 0 Å². The lowest BCUT2D eigenvalue weighted by molar-refractivity contribution is 0.340. The number of hydrogen-bond donors (Lipinski definition) is 0. The molecule has 1 aromatic rings. The van der Waals surface area contributed by atoms with Gasteiger partial charge in [-0.25, -0.2) is 0 Å². The fourth-order valence-electron chi connectivity index (χ4n) is 0.988. The maximum Gasteiger partial charge on any atom is 0.229 e. The Labute approximate surface area is 76.7 Å². The Morgan fingerprint density at radius 1 is 1.25 bits per heavy atom. The summed E-state index contributed by atoms with van der Waals surface area (Å²) >= 11 is 0. The van der Waals surface area contributed by atoms with Crippen molar-refractivity contribution in [3.05, 3.63) is 35.9 Å². The molecule has 12 heavy (non-hydrogen) atoms. The van der Waals surface area contributed by atoms with Crippen molar-refractivity contribution in [2.75, 3.05) is 6.61 Å². The summed E-state index contributed by atoms with van der Waals surface area (Å²) in [5.74, 6) is 0. The standard InChI is InChI=1S/C10H14OSi/c1-2-12-11-9-8-10-6-4-3-5-7-10/h3-7H,2,8-9H2,1H3. The van der Waals surface area contributed by atoms with Gasteiger partial charge < -0.3 is 4.43 Å². The Balaban J connectivity index is 2.16. The highest BCUT2D eigenvalue weighted by atomic mass is 28.2. The van der Waals surface area contributed by atoms with Crippen LogP contribution in [0.15, 0.2) is 30.3 Å². The van der Waals surface area contributed by atoms with Crippen molar-refractivity contribution in [2.24, 2.45) is 0 Å². The predicted octanol–water partition coefficient (Wildman–Crippen LogP) is 2.30. The van der Waals surface area contributed by atoms with Crippen molar-refractivity contribution >= 4 is 9.76 Å². The Bertz CT molecular complexity index is 198. The van der Waals surface area contributed by atoms with Crippen LogP contribution in [-0.2, 0) is 10.8 Å². The van der Waals surface area contributed by atoms with E-state index in [1.54, 1.807) is 0 Å². The molecule has 64 valence electrons. The molecule has 0 aliphatic heterocycles. The molecule has 0 atom stereocenters. The molecular weight excluding hydrogens is 164 g/mol. The summed E-state index contributed by atoms with van der Waals surface area (Å²) in [5, 5.41) is 0. The summed E-state index contributed by atoms with van der Waals surface area (Å²) in [6.45, 7) is 3.00. The van der Waals surface area contributed by atoms with Crippen LogP contribution in [0.4, 0.5) is 0 Å². The van der Waals surface area contributed by atoms with Crippen molar-refractivity contribution < 1.29 is 4.43 Å². The molecule has 2 radical (unpaired) electrons. The van der Waals surface area contributed by atoms with Crippen LogP contribution in [0.1, 0.15) is 12.5 Å². The Hall–Kier alpha value is -0.603. The third-order valence-electron chi connectivity index (χ3n) is 1.58. The monoisotopic (exact) mass is 178 g/mol. The van der Waals surface area contributed by atoms with Crippen LogP contribution in [-0.4, -0.2) is 16.4 Å². The van der Waals surface area contributed by atoms with Crippen molar-refractivity contribution in [1.29, 1.82) is 0 Å². The van der Waals surface area contributed by atoms with Crippen LogP contribution in [0.2, 0.25) is 6.04 Å². The van der Waals surface area contributed by atoms with Crippen LogP contribution in [0.25, 0.3) is 0 Å². The van der Waals surface area contributed by atoms with Gasteiger partial charge in [0.2, 0.25) is 9.76 Å². The summed E-state index contributed by atoms with van der Waals surface area (Å²) < 4.78 is 5.41. The van der Waals surface area contributed by atoms with Crippen LogP contribution < -0.4 is 0 Å². The molecule has 0 fully saturated rings. The smallest absolute Gasteiger partial charge is 0.229 e. The SMILES string of the molecule is CC[Si]OCCc1ccccc1. The minimum Gasteiger partial charge on any atom is -0.417 e. The molecule has 0 heterocycles. The van der Waals surface area contributed by atoms with E-state index < -0.39 is 0 Å². The number of benzene rings is 1. The zero-order valence-electron chi connectivity index (χ0n) is 7.42. The van der Waals surface area contributed by atoms with Crippen molar-refractivity contribution in [3.8, 4) is 0 Å². The van der Waals surface area contributed by atoms with Gasteiger partial charge in [-0.1, -0.05) is 37.3 Å². The second-order valence-corrected chi connectivity index (χ2v) is 3.87.